The summed E-state index contributed by atoms with van der Waals surface area (Å²) in [5.41, 5.74) is 6.20. The lowest BCUT2D eigenvalue weighted by Gasteiger charge is -2.28. The van der Waals surface area contributed by atoms with E-state index in [4.69, 9.17) is 11.0 Å². The molecule has 0 saturated heterocycles. The Bertz CT molecular complexity index is 412. The first-order valence-electron chi connectivity index (χ1n) is 5.27. The molecule has 0 aromatic carbocycles. The third-order valence-electron chi connectivity index (χ3n) is 2.71. The molecule has 1 unspecified atom stereocenters. The molecule has 1 rings (SSSR count). The van der Waals surface area contributed by atoms with Crippen LogP contribution in [0.5, 0.6) is 0 Å². The van der Waals surface area contributed by atoms with Gasteiger partial charge in [-0.25, -0.2) is 4.98 Å². The Balaban J connectivity index is 2.85. The Labute approximate surface area is 96.5 Å². The molecule has 0 spiro atoms. The second-order valence-corrected chi connectivity index (χ2v) is 4.97. The summed E-state index contributed by atoms with van der Waals surface area (Å²) < 4.78 is 0. The molecule has 0 saturated carbocycles. The second-order valence-electron chi connectivity index (χ2n) is 4.97. The van der Waals surface area contributed by atoms with Crippen molar-refractivity contribution in [2.75, 3.05) is 11.1 Å². The molecule has 1 aromatic rings. The molecule has 1 heterocycles. The molecule has 4 nitrogen and oxygen atoms in total. The number of nitriles is 1. The van der Waals surface area contributed by atoms with Crippen LogP contribution in [0.3, 0.4) is 0 Å². The summed E-state index contributed by atoms with van der Waals surface area (Å²) in [4.78, 5) is 4.14. The van der Waals surface area contributed by atoms with Crippen molar-refractivity contribution in [1.29, 1.82) is 5.26 Å². The summed E-state index contributed by atoms with van der Waals surface area (Å²) in [5, 5.41) is 12.0. The fraction of sp³-hybridized carbons (Fsp3) is 0.500. The van der Waals surface area contributed by atoms with Crippen LogP contribution in [0.4, 0.5) is 11.6 Å². The van der Waals surface area contributed by atoms with Gasteiger partial charge in [-0.1, -0.05) is 20.8 Å². The van der Waals surface area contributed by atoms with E-state index in [1.54, 1.807) is 12.1 Å². The first-order valence-corrected chi connectivity index (χ1v) is 5.27. The predicted octanol–water partition coefficient (Wildman–Crippen LogP) is 2.38. The fourth-order valence-electron chi connectivity index (χ4n) is 1.09. The van der Waals surface area contributed by atoms with Crippen molar-refractivity contribution in [2.45, 2.75) is 33.7 Å². The van der Waals surface area contributed by atoms with E-state index in [0.29, 0.717) is 11.4 Å². The van der Waals surface area contributed by atoms with Crippen molar-refractivity contribution < 1.29 is 0 Å². The first kappa shape index (κ1) is 12.3. The smallest absolute Gasteiger partial charge is 0.143 e. The van der Waals surface area contributed by atoms with E-state index >= 15 is 0 Å². The Morgan fingerprint density at radius 1 is 1.44 bits per heavy atom. The summed E-state index contributed by atoms with van der Waals surface area (Å²) >= 11 is 0. The number of aromatic nitrogens is 1. The lowest BCUT2D eigenvalue weighted by Crippen LogP contribution is -2.31. The first-order chi connectivity index (χ1) is 7.34. The number of hydrogen-bond donors (Lipinski definition) is 2. The van der Waals surface area contributed by atoms with Crippen LogP contribution in [0.15, 0.2) is 12.1 Å². The predicted molar refractivity (Wildman–Crippen MR) is 65.9 cm³/mol. The van der Waals surface area contributed by atoms with Crippen LogP contribution in [-0.2, 0) is 0 Å². The average molecular weight is 218 g/mol. The van der Waals surface area contributed by atoms with Crippen LogP contribution in [-0.4, -0.2) is 11.0 Å². The van der Waals surface area contributed by atoms with Gasteiger partial charge in [0.2, 0.25) is 0 Å². The summed E-state index contributed by atoms with van der Waals surface area (Å²) in [6, 6.07) is 5.72. The molecule has 0 bridgehead atoms. The molecule has 3 N–H and O–H groups in total. The van der Waals surface area contributed by atoms with Crippen molar-refractivity contribution in [2.24, 2.45) is 5.41 Å². The number of hydrogen-bond acceptors (Lipinski definition) is 4. The Kier molecular flexibility index (Phi) is 3.38. The minimum absolute atomic E-state index is 0.143. The molecule has 4 heteroatoms. The molecule has 0 aliphatic heterocycles. The zero-order valence-corrected chi connectivity index (χ0v) is 10.2. The van der Waals surface area contributed by atoms with Gasteiger partial charge >= 0.3 is 0 Å². The van der Waals surface area contributed by atoms with E-state index in [9.17, 15) is 0 Å². The molecule has 0 amide bonds. The van der Waals surface area contributed by atoms with Crippen LogP contribution in [0, 0.1) is 16.7 Å². The van der Waals surface area contributed by atoms with Gasteiger partial charge in [0.05, 0.1) is 5.56 Å². The minimum atomic E-state index is 0.143. The highest BCUT2D eigenvalue weighted by Gasteiger charge is 2.20. The highest BCUT2D eigenvalue weighted by molar-refractivity contribution is 5.54. The highest BCUT2D eigenvalue weighted by atomic mass is 15.0. The fourth-order valence-corrected chi connectivity index (χ4v) is 1.09. The van der Waals surface area contributed by atoms with Crippen LogP contribution < -0.4 is 11.1 Å². The maximum atomic E-state index is 8.73. The van der Waals surface area contributed by atoms with Gasteiger partial charge in [-0.05, 0) is 24.5 Å². The average Bonchev–Trinajstić information content (AvgIpc) is 2.16. The lowest BCUT2D eigenvalue weighted by molar-refractivity contribution is 0.359. The lowest BCUT2D eigenvalue weighted by atomic mass is 9.88. The molecule has 0 aliphatic carbocycles. The van der Waals surface area contributed by atoms with Gasteiger partial charge in [0, 0.05) is 6.04 Å². The van der Waals surface area contributed by atoms with Crippen LogP contribution >= 0.6 is 0 Å². The zero-order chi connectivity index (χ0) is 12.3. The maximum Gasteiger partial charge on any atom is 0.143 e. The van der Waals surface area contributed by atoms with E-state index in [0.717, 1.165) is 0 Å². The number of nitrogens with one attached hydrogen (secondary N) is 1. The van der Waals surface area contributed by atoms with Gasteiger partial charge in [0.25, 0.3) is 0 Å². The number of nitrogens with zero attached hydrogens (tertiary/aromatic N) is 2. The van der Waals surface area contributed by atoms with Crippen molar-refractivity contribution >= 4 is 11.6 Å². The Hall–Kier alpha value is -1.76. The quantitative estimate of drug-likeness (QED) is 0.799. The number of pyridine rings is 1. The van der Waals surface area contributed by atoms with Crippen molar-refractivity contribution in [3.63, 3.8) is 0 Å². The topological polar surface area (TPSA) is 74.7 Å². The molecule has 86 valence electrons. The molecular formula is C12H18N4. The van der Waals surface area contributed by atoms with Crippen molar-refractivity contribution in [3.05, 3.63) is 17.7 Å². The van der Waals surface area contributed by atoms with Crippen LogP contribution in [0.2, 0.25) is 0 Å². The number of anilines is 2. The molecule has 0 fully saturated rings. The molecule has 16 heavy (non-hydrogen) atoms. The van der Waals surface area contributed by atoms with Gasteiger partial charge in [-0.3, -0.25) is 0 Å². The SMILES string of the molecule is CC(Nc1ccc(C#N)c(N)n1)C(C)(C)C. The third kappa shape index (κ3) is 2.86. The Morgan fingerprint density at radius 3 is 2.50 bits per heavy atom. The highest BCUT2D eigenvalue weighted by Crippen LogP contribution is 2.22. The summed E-state index contributed by atoms with van der Waals surface area (Å²) in [5.74, 6) is 0.979. The monoisotopic (exact) mass is 218 g/mol. The van der Waals surface area contributed by atoms with E-state index in [2.05, 4.69) is 38.0 Å². The van der Waals surface area contributed by atoms with Gasteiger partial charge in [-0.15, -0.1) is 0 Å². The van der Waals surface area contributed by atoms with Gasteiger partial charge in [-0.2, -0.15) is 5.26 Å². The van der Waals surface area contributed by atoms with E-state index < -0.39 is 0 Å². The van der Waals surface area contributed by atoms with Crippen molar-refractivity contribution in [3.8, 4) is 6.07 Å². The number of rotatable bonds is 2. The minimum Gasteiger partial charge on any atom is -0.383 e. The van der Waals surface area contributed by atoms with Gasteiger partial charge in [0.15, 0.2) is 0 Å². The van der Waals surface area contributed by atoms with Crippen molar-refractivity contribution in [1.82, 2.24) is 4.98 Å². The normalized spacial score (nSPS) is 12.9. The molecule has 0 radical (unpaired) electrons. The summed E-state index contributed by atoms with van der Waals surface area (Å²) in [6.45, 7) is 8.54. The number of nitrogen functional groups attached to an aromatic ring is 1. The molecular weight excluding hydrogens is 200 g/mol. The number of nitrogens with two attached hydrogens (primary N) is 1. The van der Waals surface area contributed by atoms with E-state index in [1.807, 2.05) is 6.07 Å². The third-order valence-corrected chi connectivity index (χ3v) is 2.71. The zero-order valence-electron chi connectivity index (χ0n) is 10.2. The van der Waals surface area contributed by atoms with E-state index in [1.165, 1.54) is 0 Å². The van der Waals surface area contributed by atoms with Gasteiger partial charge in [0.1, 0.15) is 17.7 Å². The van der Waals surface area contributed by atoms with Gasteiger partial charge < -0.3 is 11.1 Å². The summed E-state index contributed by atoms with van der Waals surface area (Å²) in [6.07, 6.45) is 0. The standard InChI is InChI=1S/C12H18N4/c1-8(12(2,3)4)15-10-6-5-9(7-13)11(14)16-10/h5-6,8H,1-4H3,(H3,14,15,16). The summed E-state index contributed by atoms with van der Waals surface area (Å²) in [7, 11) is 0. The molecule has 0 aliphatic rings. The van der Waals surface area contributed by atoms with Crippen LogP contribution in [0.25, 0.3) is 0 Å². The Morgan fingerprint density at radius 2 is 2.06 bits per heavy atom. The second kappa shape index (κ2) is 4.40. The maximum absolute atomic E-state index is 8.73. The molecule has 1 aromatic heterocycles. The van der Waals surface area contributed by atoms with E-state index in [-0.39, 0.29) is 17.3 Å². The molecule has 1 atom stereocenters. The van der Waals surface area contributed by atoms with Crippen LogP contribution in [0.1, 0.15) is 33.3 Å². The largest absolute Gasteiger partial charge is 0.383 e.